The molecule has 0 radical (unpaired) electrons. The Hall–Kier alpha value is -4.35. The highest BCUT2D eigenvalue weighted by Crippen LogP contribution is 2.34. The van der Waals surface area contributed by atoms with Gasteiger partial charge in [0.15, 0.2) is 3.95 Å². The molecule has 11 heteroatoms. The first-order valence-corrected chi connectivity index (χ1v) is 12.0. The number of hydrogen-bond acceptors (Lipinski definition) is 7. The summed E-state index contributed by atoms with van der Waals surface area (Å²) in [6, 6.07) is 20.0. The van der Waals surface area contributed by atoms with Gasteiger partial charge in [-0.3, -0.25) is 29.0 Å². The number of para-hydroxylation sites is 2. The van der Waals surface area contributed by atoms with Crippen LogP contribution < -0.4 is 11.1 Å². The van der Waals surface area contributed by atoms with Crippen LogP contribution in [0.3, 0.4) is 0 Å². The molecule has 0 aliphatic carbocycles. The zero-order chi connectivity index (χ0) is 25.6. The third kappa shape index (κ3) is 3.84. The van der Waals surface area contributed by atoms with Crippen LogP contribution in [0, 0.1) is 21.0 Å². The quantitative estimate of drug-likeness (QED) is 0.179. The van der Waals surface area contributed by atoms with Gasteiger partial charge in [-0.2, -0.15) is 0 Å². The molecule has 0 N–H and O–H groups in total. The maximum absolute atomic E-state index is 13.4. The predicted molar refractivity (Wildman–Crippen MR) is 140 cm³/mol. The van der Waals surface area contributed by atoms with Crippen LogP contribution in [0.25, 0.3) is 33.3 Å². The average molecular weight is 519 g/mol. The van der Waals surface area contributed by atoms with Gasteiger partial charge in [0.1, 0.15) is 17.2 Å². The fourth-order valence-corrected chi connectivity index (χ4v) is 5.31. The van der Waals surface area contributed by atoms with E-state index in [1.807, 2.05) is 18.2 Å². The number of hydrogen-bond donors (Lipinski definition) is 0. The van der Waals surface area contributed by atoms with Crippen LogP contribution in [-0.4, -0.2) is 18.9 Å². The Labute approximate surface area is 212 Å². The number of nitro benzene ring substituents is 1. The molecule has 0 bridgehead atoms. The fourth-order valence-electron chi connectivity index (χ4n) is 4.03. The zero-order valence-electron chi connectivity index (χ0n) is 19.1. The standard InChI is InChI=1S/C25H18N4O5S2/c1-15-23(24(31)28(26(15)2)16-8-4-3-5-9-16)27-22(30)14-21(36-25(27)35)20-13-12-19(34-20)17-10-6-7-11-18(17)29(32)33/h3-14H,1-2H3. The summed E-state index contributed by atoms with van der Waals surface area (Å²) in [5.74, 6) is 0.638. The van der Waals surface area contributed by atoms with Gasteiger partial charge in [0.2, 0.25) is 0 Å². The Kier molecular flexibility index (Phi) is 5.86. The monoisotopic (exact) mass is 518 g/mol. The summed E-state index contributed by atoms with van der Waals surface area (Å²) in [4.78, 5) is 38.0. The maximum atomic E-state index is 13.4. The molecule has 0 aliphatic heterocycles. The molecule has 36 heavy (non-hydrogen) atoms. The molecule has 0 fully saturated rings. The van der Waals surface area contributed by atoms with E-state index in [0.29, 0.717) is 33.3 Å². The highest BCUT2D eigenvalue weighted by Gasteiger charge is 2.22. The topological polar surface area (TPSA) is 105 Å². The third-order valence-corrected chi connectivity index (χ3v) is 7.15. The lowest BCUT2D eigenvalue weighted by atomic mass is 10.1. The molecule has 3 heterocycles. The second-order valence-corrected chi connectivity index (χ2v) is 9.57. The number of nitrogens with zero attached hydrogens (tertiary/aromatic N) is 4. The Balaban J connectivity index is 1.61. The molecule has 0 saturated carbocycles. The minimum absolute atomic E-state index is 0.0873. The van der Waals surface area contributed by atoms with Crippen molar-refractivity contribution in [3.8, 4) is 33.3 Å². The Bertz CT molecular complexity index is 1780. The van der Waals surface area contributed by atoms with Crippen LogP contribution in [0.5, 0.6) is 0 Å². The number of nitro groups is 1. The molecule has 0 amide bonds. The van der Waals surface area contributed by atoms with E-state index in [-0.39, 0.29) is 20.9 Å². The van der Waals surface area contributed by atoms with Crippen molar-refractivity contribution < 1.29 is 9.34 Å². The van der Waals surface area contributed by atoms with Crippen molar-refractivity contribution in [2.75, 3.05) is 0 Å². The molecule has 3 aromatic heterocycles. The van der Waals surface area contributed by atoms with E-state index in [4.69, 9.17) is 16.6 Å². The summed E-state index contributed by atoms with van der Waals surface area (Å²) in [5.41, 5.74) is 0.807. The van der Waals surface area contributed by atoms with Gasteiger partial charge in [0, 0.05) is 19.2 Å². The molecule has 0 atom stereocenters. The van der Waals surface area contributed by atoms with E-state index in [1.165, 1.54) is 21.4 Å². The maximum Gasteiger partial charge on any atom is 0.296 e. The van der Waals surface area contributed by atoms with Crippen LogP contribution >= 0.6 is 23.6 Å². The predicted octanol–water partition coefficient (Wildman–Crippen LogP) is 5.26. The number of furan rings is 1. The number of benzene rings is 2. The minimum atomic E-state index is -0.483. The SMILES string of the molecule is Cc1c(-n2c(=O)cc(-c3ccc(-c4ccccc4[N+](=O)[O-])o3)sc2=S)c(=O)n(-c2ccccc2)n1C. The molecule has 0 spiro atoms. The Morgan fingerprint density at radius 3 is 2.33 bits per heavy atom. The van der Waals surface area contributed by atoms with Crippen molar-refractivity contribution in [3.05, 3.63) is 113 Å². The summed E-state index contributed by atoms with van der Waals surface area (Å²) < 4.78 is 10.4. The molecular formula is C25H18N4O5S2. The van der Waals surface area contributed by atoms with Gasteiger partial charge in [-0.1, -0.05) is 30.3 Å². The van der Waals surface area contributed by atoms with Gasteiger partial charge < -0.3 is 4.42 Å². The fraction of sp³-hybridized carbons (Fsp3) is 0.0800. The third-order valence-electron chi connectivity index (χ3n) is 5.82. The van der Waals surface area contributed by atoms with E-state index in [0.717, 1.165) is 11.3 Å². The molecule has 2 aromatic carbocycles. The largest absolute Gasteiger partial charge is 0.455 e. The van der Waals surface area contributed by atoms with Gasteiger partial charge in [-0.15, -0.1) is 11.3 Å². The highest BCUT2D eigenvalue weighted by molar-refractivity contribution is 7.73. The lowest BCUT2D eigenvalue weighted by Gasteiger charge is -2.07. The summed E-state index contributed by atoms with van der Waals surface area (Å²) >= 11 is 6.65. The minimum Gasteiger partial charge on any atom is -0.455 e. The molecular weight excluding hydrogens is 500 g/mol. The van der Waals surface area contributed by atoms with Crippen molar-refractivity contribution in [2.45, 2.75) is 6.92 Å². The van der Waals surface area contributed by atoms with Crippen molar-refractivity contribution in [2.24, 2.45) is 7.05 Å². The lowest BCUT2D eigenvalue weighted by molar-refractivity contribution is -0.384. The Morgan fingerprint density at radius 1 is 0.972 bits per heavy atom. The molecule has 9 nitrogen and oxygen atoms in total. The van der Waals surface area contributed by atoms with Crippen LogP contribution in [0.1, 0.15) is 5.69 Å². The molecule has 0 aliphatic rings. The second kappa shape index (κ2) is 9.02. The summed E-state index contributed by atoms with van der Waals surface area (Å²) in [5, 5.41) is 11.4. The van der Waals surface area contributed by atoms with Crippen LogP contribution in [0.4, 0.5) is 5.69 Å². The molecule has 5 rings (SSSR count). The van der Waals surface area contributed by atoms with E-state index < -0.39 is 10.5 Å². The van der Waals surface area contributed by atoms with Crippen LogP contribution in [-0.2, 0) is 7.05 Å². The normalized spacial score (nSPS) is 11.1. The molecule has 0 saturated heterocycles. The lowest BCUT2D eigenvalue weighted by Crippen LogP contribution is -2.26. The van der Waals surface area contributed by atoms with Crippen molar-refractivity contribution in [3.63, 3.8) is 0 Å². The van der Waals surface area contributed by atoms with E-state index in [2.05, 4.69) is 0 Å². The second-order valence-electron chi connectivity index (χ2n) is 7.90. The first-order valence-electron chi connectivity index (χ1n) is 10.7. The molecule has 180 valence electrons. The number of rotatable bonds is 5. The van der Waals surface area contributed by atoms with Gasteiger partial charge in [0.05, 0.1) is 26.7 Å². The van der Waals surface area contributed by atoms with Crippen LogP contribution in [0.2, 0.25) is 0 Å². The average Bonchev–Trinajstić information content (AvgIpc) is 3.44. The summed E-state index contributed by atoms with van der Waals surface area (Å²) in [6.45, 7) is 1.75. The first kappa shape index (κ1) is 23.4. The van der Waals surface area contributed by atoms with Crippen LogP contribution in [0.15, 0.2) is 86.8 Å². The smallest absolute Gasteiger partial charge is 0.296 e. The van der Waals surface area contributed by atoms with Gasteiger partial charge in [-0.05, 0) is 49.5 Å². The van der Waals surface area contributed by atoms with E-state index >= 15 is 0 Å². The van der Waals surface area contributed by atoms with E-state index in [9.17, 15) is 19.7 Å². The van der Waals surface area contributed by atoms with E-state index in [1.54, 1.807) is 61.1 Å². The highest BCUT2D eigenvalue weighted by atomic mass is 32.1. The number of aromatic nitrogens is 3. The molecule has 0 unspecified atom stereocenters. The Morgan fingerprint density at radius 2 is 1.64 bits per heavy atom. The zero-order valence-corrected chi connectivity index (χ0v) is 20.7. The summed E-state index contributed by atoms with van der Waals surface area (Å²) in [6.07, 6.45) is 0. The van der Waals surface area contributed by atoms with Crippen molar-refractivity contribution in [1.29, 1.82) is 0 Å². The van der Waals surface area contributed by atoms with Crippen molar-refractivity contribution >= 4 is 29.2 Å². The molecule has 5 aromatic rings. The van der Waals surface area contributed by atoms with Gasteiger partial charge >= 0.3 is 0 Å². The summed E-state index contributed by atoms with van der Waals surface area (Å²) in [7, 11) is 1.74. The van der Waals surface area contributed by atoms with Gasteiger partial charge in [0.25, 0.3) is 16.8 Å². The van der Waals surface area contributed by atoms with Gasteiger partial charge in [-0.25, -0.2) is 4.68 Å². The first-order chi connectivity index (χ1) is 17.3. The van der Waals surface area contributed by atoms with Crippen molar-refractivity contribution in [1.82, 2.24) is 13.9 Å².